The molecule has 7 heteroatoms. The quantitative estimate of drug-likeness (QED) is 0.507. The summed E-state index contributed by atoms with van der Waals surface area (Å²) in [6.07, 6.45) is 3.77. The first-order chi connectivity index (χ1) is 15.5. The molecule has 32 heavy (non-hydrogen) atoms. The standard InChI is InChI=1S/C25H22N6O/c1-15-10-23(27)31-16(2)22(15)14-30-25(32)18-6-8-28-20(12-18)11-17-4-3-5-21-19(13-26)7-9-29-24(17)21/h3-10,12H,11,14H2,1-2H3,(H2,27,31)(H,30,32). The van der Waals surface area contributed by atoms with Gasteiger partial charge >= 0.3 is 0 Å². The Bertz CT molecular complexity index is 1350. The number of nitrogens with two attached hydrogens (primary N) is 1. The number of nitriles is 1. The van der Waals surface area contributed by atoms with E-state index in [9.17, 15) is 10.1 Å². The van der Waals surface area contributed by atoms with Crippen LogP contribution >= 0.6 is 0 Å². The van der Waals surface area contributed by atoms with Gasteiger partial charge in [-0.1, -0.05) is 18.2 Å². The number of nitrogen functional groups attached to an aromatic ring is 1. The Labute approximate surface area is 186 Å². The maximum atomic E-state index is 12.8. The maximum absolute atomic E-state index is 12.8. The molecule has 0 saturated heterocycles. The summed E-state index contributed by atoms with van der Waals surface area (Å²) >= 11 is 0. The minimum atomic E-state index is -0.188. The molecule has 1 amide bonds. The summed E-state index contributed by atoms with van der Waals surface area (Å²) < 4.78 is 0. The van der Waals surface area contributed by atoms with E-state index in [1.54, 1.807) is 36.7 Å². The average molecular weight is 422 g/mol. The summed E-state index contributed by atoms with van der Waals surface area (Å²) in [4.78, 5) is 25.9. The smallest absolute Gasteiger partial charge is 0.251 e. The highest BCUT2D eigenvalue weighted by atomic mass is 16.1. The number of benzene rings is 1. The number of hydrogen-bond donors (Lipinski definition) is 2. The molecule has 4 rings (SSSR count). The summed E-state index contributed by atoms with van der Waals surface area (Å²) in [5, 5.41) is 13.1. The molecule has 3 N–H and O–H groups in total. The third-order valence-electron chi connectivity index (χ3n) is 5.43. The topological polar surface area (TPSA) is 118 Å². The minimum absolute atomic E-state index is 0.188. The minimum Gasteiger partial charge on any atom is -0.384 e. The zero-order valence-electron chi connectivity index (χ0n) is 17.9. The SMILES string of the molecule is Cc1cc(N)nc(C)c1CNC(=O)c1ccnc(Cc2cccc3c(C#N)ccnc23)c1. The van der Waals surface area contributed by atoms with Crippen molar-refractivity contribution in [2.45, 2.75) is 26.8 Å². The molecule has 0 fully saturated rings. The molecule has 0 unspecified atom stereocenters. The maximum Gasteiger partial charge on any atom is 0.251 e. The molecule has 0 radical (unpaired) electrons. The van der Waals surface area contributed by atoms with Gasteiger partial charge in [0.2, 0.25) is 0 Å². The summed E-state index contributed by atoms with van der Waals surface area (Å²) in [7, 11) is 0. The third-order valence-corrected chi connectivity index (χ3v) is 5.43. The van der Waals surface area contributed by atoms with Gasteiger partial charge in [0.15, 0.2) is 0 Å². The predicted molar refractivity (Wildman–Crippen MR) is 123 cm³/mol. The van der Waals surface area contributed by atoms with E-state index in [2.05, 4.69) is 26.3 Å². The number of pyridine rings is 3. The number of anilines is 1. The van der Waals surface area contributed by atoms with Crippen molar-refractivity contribution in [2.24, 2.45) is 0 Å². The van der Waals surface area contributed by atoms with Crippen LogP contribution in [0.5, 0.6) is 0 Å². The van der Waals surface area contributed by atoms with Crippen molar-refractivity contribution in [3.63, 3.8) is 0 Å². The van der Waals surface area contributed by atoms with Gasteiger partial charge in [0.05, 0.1) is 17.1 Å². The van der Waals surface area contributed by atoms with Crippen molar-refractivity contribution in [1.29, 1.82) is 5.26 Å². The van der Waals surface area contributed by atoms with Crippen molar-refractivity contribution in [2.75, 3.05) is 5.73 Å². The number of para-hydroxylation sites is 1. The van der Waals surface area contributed by atoms with E-state index in [-0.39, 0.29) is 5.91 Å². The van der Waals surface area contributed by atoms with Crippen LogP contribution in [0, 0.1) is 25.2 Å². The number of nitrogens with zero attached hydrogens (tertiary/aromatic N) is 4. The summed E-state index contributed by atoms with van der Waals surface area (Å²) in [6, 6.07) is 14.9. The second-order valence-corrected chi connectivity index (χ2v) is 7.61. The first-order valence-corrected chi connectivity index (χ1v) is 10.2. The Kier molecular flexibility index (Phi) is 5.77. The molecular weight excluding hydrogens is 400 g/mol. The second-order valence-electron chi connectivity index (χ2n) is 7.61. The van der Waals surface area contributed by atoms with E-state index >= 15 is 0 Å². The molecule has 3 aromatic heterocycles. The van der Waals surface area contributed by atoms with Gasteiger partial charge in [0.25, 0.3) is 5.91 Å². The molecule has 0 bridgehead atoms. The van der Waals surface area contributed by atoms with Crippen molar-refractivity contribution < 1.29 is 4.79 Å². The van der Waals surface area contributed by atoms with Gasteiger partial charge in [-0.3, -0.25) is 14.8 Å². The third kappa shape index (κ3) is 4.25. The van der Waals surface area contributed by atoms with Crippen LogP contribution in [0.25, 0.3) is 10.9 Å². The monoisotopic (exact) mass is 422 g/mol. The zero-order chi connectivity index (χ0) is 22.7. The fourth-order valence-electron chi connectivity index (χ4n) is 3.81. The number of rotatable bonds is 5. The van der Waals surface area contributed by atoms with E-state index in [0.29, 0.717) is 29.9 Å². The highest BCUT2D eigenvalue weighted by molar-refractivity contribution is 5.94. The molecule has 0 aliphatic carbocycles. The van der Waals surface area contributed by atoms with E-state index < -0.39 is 0 Å². The van der Waals surface area contributed by atoms with E-state index in [1.165, 1.54) is 0 Å². The Morgan fingerprint density at radius 1 is 1.12 bits per heavy atom. The van der Waals surface area contributed by atoms with Gasteiger partial charge in [-0.15, -0.1) is 0 Å². The summed E-state index contributed by atoms with van der Waals surface area (Å²) in [5.41, 5.74) is 12.1. The van der Waals surface area contributed by atoms with E-state index in [4.69, 9.17) is 5.73 Å². The van der Waals surface area contributed by atoms with Crippen LogP contribution < -0.4 is 11.1 Å². The van der Waals surface area contributed by atoms with Crippen LogP contribution in [0.1, 0.15) is 44.0 Å². The van der Waals surface area contributed by atoms with E-state index in [0.717, 1.165) is 39.0 Å². The lowest BCUT2D eigenvalue weighted by atomic mass is 10.0. The molecule has 0 atom stereocenters. The number of aromatic nitrogens is 3. The molecule has 0 aliphatic heterocycles. The number of hydrogen-bond acceptors (Lipinski definition) is 6. The first-order valence-electron chi connectivity index (χ1n) is 10.2. The van der Waals surface area contributed by atoms with Crippen molar-refractivity contribution in [3.8, 4) is 6.07 Å². The number of nitrogens with one attached hydrogen (secondary N) is 1. The number of amides is 1. The molecule has 0 aliphatic rings. The average Bonchev–Trinajstić information content (AvgIpc) is 2.78. The number of carbonyl (C=O) groups excluding carboxylic acids is 1. The normalized spacial score (nSPS) is 10.7. The van der Waals surface area contributed by atoms with Crippen molar-refractivity contribution in [3.05, 3.63) is 94.1 Å². The molecule has 0 saturated carbocycles. The zero-order valence-corrected chi connectivity index (χ0v) is 17.9. The molecule has 1 aromatic carbocycles. The fourth-order valence-corrected chi connectivity index (χ4v) is 3.81. The van der Waals surface area contributed by atoms with E-state index in [1.807, 2.05) is 32.0 Å². The number of fused-ring (bicyclic) bond motifs is 1. The molecular formula is C25H22N6O. The lowest BCUT2D eigenvalue weighted by Gasteiger charge is -2.12. The van der Waals surface area contributed by atoms with Crippen LogP contribution in [0.15, 0.2) is 54.9 Å². The van der Waals surface area contributed by atoms with Gasteiger partial charge in [-0.2, -0.15) is 5.26 Å². The molecule has 7 nitrogen and oxygen atoms in total. The Morgan fingerprint density at radius 3 is 2.72 bits per heavy atom. The van der Waals surface area contributed by atoms with Gasteiger partial charge in [0.1, 0.15) is 5.82 Å². The summed E-state index contributed by atoms with van der Waals surface area (Å²) in [6.45, 7) is 4.20. The largest absolute Gasteiger partial charge is 0.384 e. The van der Waals surface area contributed by atoms with Crippen LogP contribution in [-0.4, -0.2) is 20.9 Å². The molecule has 3 heterocycles. The van der Waals surface area contributed by atoms with Gasteiger partial charge in [-0.05, 0) is 54.8 Å². The second kappa shape index (κ2) is 8.82. The Hall–Kier alpha value is -4.31. The fraction of sp³-hybridized carbons (Fsp3) is 0.160. The molecule has 4 aromatic rings. The number of aryl methyl sites for hydroxylation is 2. The van der Waals surface area contributed by atoms with Crippen molar-refractivity contribution >= 4 is 22.6 Å². The van der Waals surface area contributed by atoms with Crippen LogP contribution in [0.2, 0.25) is 0 Å². The Morgan fingerprint density at radius 2 is 1.94 bits per heavy atom. The molecule has 158 valence electrons. The lowest BCUT2D eigenvalue weighted by molar-refractivity contribution is 0.0950. The van der Waals surface area contributed by atoms with Crippen LogP contribution in [-0.2, 0) is 13.0 Å². The lowest BCUT2D eigenvalue weighted by Crippen LogP contribution is -2.24. The summed E-state index contributed by atoms with van der Waals surface area (Å²) in [5.74, 6) is 0.283. The van der Waals surface area contributed by atoms with Crippen LogP contribution in [0.3, 0.4) is 0 Å². The van der Waals surface area contributed by atoms with Gasteiger partial charge in [-0.25, -0.2) is 4.98 Å². The van der Waals surface area contributed by atoms with Crippen LogP contribution in [0.4, 0.5) is 5.82 Å². The first kappa shape index (κ1) is 20.9. The highest BCUT2D eigenvalue weighted by Crippen LogP contribution is 2.22. The Balaban J connectivity index is 1.54. The highest BCUT2D eigenvalue weighted by Gasteiger charge is 2.12. The number of carbonyl (C=O) groups is 1. The molecule has 0 spiro atoms. The van der Waals surface area contributed by atoms with Crippen molar-refractivity contribution in [1.82, 2.24) is 20.3 Å². The van der Waals surface area contributed by atoms with Gasteiger partial charge in [0, 0.05) is 47.7 Å². The van der Waals surface area contributed by atoms with Gasteiger partial charge < -0.3 is 11.1 Å². The predicted octanol–water partition coefficient (Wildman–Crippen LogP) is 3.62.